The van der Waals surface area contributed by atoms with Crippen LogP contribution >= 0.6 is 0 Å². The fraction of sp³-hybridized carbons (Fsp3) is 0.462. The van der Waals surface area contributed by atoms with E-state index >= 15 is 0 Å². The van der Waals surface area contributed by atoms with Gasteiger partial charge in [-0.3, -0.25) is 4.68 Å². The lowest BCUT2D eigenvalue weighted by molar-refractivity contribution is 0.664. The Balaban J connectivity index is 2.15. The quantitative estimate of drug-likeness (QED) is 0.896. The molecule has 0 aromatic carbocycles. The van der Waals surface area contributed by atoms with Crippen molar-refractivity contribution in [3.05, 3.63) is 23.7 Å². The molecule has 3 rings (SSSR count). The molecule has 0 spiro atoms. The van der Waals surface area contributed by atoms with Gasteiger partial charge in [0.1, 0.15) is 11.6 Å². The standard InChI is InChI=1S/C13H17N5/c1-3-18-10(6-7-15-18)11-8(2)12(14)17-13(16-11)9-4-5-9/h6-7,9H,3-5H2,1-2H3,(H2,14,16,17). The van der Waals surface area contributed by atoms with Crippen molar-refractivity contribution >= 4 is 5.82 Å². The van der Waals surface area contributed by atoms with Crippen LogP contribution in [0.2, 0.25) is 0 Å². The van der Waals surface area contributed by atoms with Crippen LogP contribution < -0.4 is 5.73 Å². The van der Waals surface area contributed by atoms with Gasteiger partial charge in [-0.1, -0.05) is 0 Å². The number of hydrogen-bond donors (Lipinski definition) is 1. The molecule has 0 unspecified atom stereocenters. The third-order valence-corrected chi connectivity index (χ3v) is 3.40. The minimum absolute atomic E-state index is 0.504. The zero-order chi connectivity index (χ0) is 12.7. The molecule has 2 heterocycles. The molecule has 5 nitrogen and oxygen atoms in total. The van der Waals surface area contributed by atoms with Crippen LogP contribution in [-0.2, 0) is 6.54 Å². The van der Waals surface area contributed by atoms with Gasteiger partial charge in [-0.25, -0.2) is 9.97 Å². The van der Waals surface area contributed by atoms with Crippen LogP contribution in [0.4, 0.5) is 5.82 Å². The lowest BCUT2D eigenvalue weighted by Crippen LogP contribution is -2.07. The summed E-state index contributed by atoms with van der Waals surface area (Å²) >= 11 is 0. The summed E-state index contributed by atoms with van der Waals surface area (Å²) in [6.45, 7) is 4.86. The summed E-state index contributed by atoms with van der Waals surface area (Å²) in [4.78, 5) is 9.09. The minimum atomic E-state index is 0.504. The van der Waals surface area contributed by atoms with E-state index in [1.807, 2.05) is 17.7 Å². The number of aryl methyl sites for hydroxylation is 1. The summed E-state index contributed by atoms with van der Waals surface area (Å²) in [5, 5.41) is 4.29. The molecule has 2 aromatic rings. The van der Waals surface area contributed by atoms with Gasteiger partial charge >= 0.3 is 0 Å². The van der Waals surface area contributed by atoms with Gasteiger partial charge in [-0.2, -0.15) is 5.10 Å². The van der Waals surface area contributed by atoms with Gasteiger partial charge in [0, 0.05) is 24.2 Å². The Hall–Kier alpha value is -1.91. The number of nitrogens with two attached hydrogens (primary N) is 1. The highest BCUT2D eigenvalue weighted by atomic mass is 15.3. The first kappa shape index (κ1) is 11.2. The summed E-state index contributed by atoms with van der Waals surface area (Å²) in [5.41, 5.74) is 8.88. The highest BCUT2D eigenvalue weighted by Crippen LogP contribution is 2.39. The Morgan fingerprint density at radius 2 is 2.17 bits per heavy atom. The summed E-state index contributed by atoms with van der Waals surface area (Å²) in [7, 11) is 0. The Labute approximate surface area is 106 Å². The topological polar surface area (TPSA) is 69.6 Å². The van der Waals surface area contributed by atoms with E-state index in [9.17, 15) is 0 Å². The van der Waals surface area contributed by atoms with E-state index in [0.717, 1.165) is 29.3 Å². The van der Waals surface area contributed by atoms with Crippen molar-refractivity contribution in [3.63, 3.8) is 0 Å². The van der Waals surface area contributed by atoms with Crippen molar-refractivity contribution in [2.75, 3.05) is 5.73 Å². The van der Waals surface area contributed by atoms with Crippen LogP contribution in [0.5, 0.6) is 0 Å². The average Bonchev–Trinajstić information content (AvgIpc) is 3.11. The lowest BCUT2D eigenvalue weighted by Gasteiger charge is -2.10. The molecule has 1 saturated carbocycles. The molecule has 0 radical (unpaired) electrons. The number of nitrogen functional groups attached to an aromatic ring is 1. The highest BCUT2D eigenvalue weighted by Gasteiger charge is 2.28. The molecular formula is C13H17N5. The Bertz CT molecular complexity index is 583. The maximum absolute atomic E-state index is 6.00. The smallest absolute Gasteiger partial charge is 0.134 e. The normalized spacial score (nSPS) is 15.0. The fourth-order valence-corrected chi connectivity index (χ4v) is 2.11. The first-order chi connectivity index (χ1) is 8.70. The molecular weight excluding hydrogens is 226 g/mol. The molecule has 0 bridgehead atoms. The fourth-order valence-electron chi connectivity index (χ4n) is 2.11. The highest BCUT2D eigenvalue weighted by molar-refractivity contribution is 5.64. The molecule has 18 heavy (non-hydrogen) atoms. The van der Waals surface area contributed by atoms with Crippen LogP contribution in [0, 0.1) is 6.92 Å². The SMILES string of the molecule is CCn1nccc1-c1nc(C2CC2)nc(N)c1C. The van der Waals surface area contributed by atoms with Crippen molar-refractivity contribution in [1.82, 2.24) is 19.7 Å². The Morgan fingerprint density at radius 3 is 2.83 bits per heavy atom. The van der Waals surface area contributed by atoms with E-state index < -0.39 is 0 Å². The van der Waals surface area contributed by atoms with E-state index in [1.54, 1.807) is 6.20 Å². The zero-order valence-electron chi connectivity index (χ0n) is 10.7. The summed E-state index contributed by atoms with van der Waals surface area (Å²) in [5.74, 6) is 1.98. The monoisotopic (exact) mass is 243 g/mol. The van der Waals surface area contributed by atoms with Gasteiger partial charge < -0.3 is 5.73 Å². The predicted octanol–water partition coefficient (Wildman–Crippen LogP) is 2.13. The summed E-state index contributed by atoms with van der Waals surface area (Å²) in [6, 6.07) is 1.98. The first-order valence-corrected chi connectivity index (χ1v) is 6.37. The molecule has 0 amide bonds. The van der Waals surface area contributed by atoms with Gasteiger partial charge in [-0.15, -0.1) is 0 Å². The summed E-state index contributed by atoms with van der Waals surface area (Å²) in [6.07, 6.45) is 4.15. The van der Waals surface area contributed by atoms with Gasteiger partial charge in [0.2, 0.25) is 0 Å². The lowest BCUT2D eigenvalue weighted by atomic mass is 10.1. The number of rotatable bonds is 3. The van der Waals surface area contributed by atoms with Crippen LogP contribution in [0.3, 0.4) is 0 Å². The van der Waals surface area contributed by atoms with Crippen LogP contribution in [-0.4, -0.2) is 19.7 Å². The molecule has 5 heteroatoms. The minimum Gasteiger partial charge on any atom is -0.383 e. The molecule has 1 aliphatic rings. The molecule has 0 aliphatic heterocycles. The first-order valence-electron chi connectivity index (χ1n) is 6.37. The molecule has 1 fully saturated rings. The average molecular weight is 243 g/mol. The van der Waals surface area contributed by atoms with E-state index in [2.05, 4.69) is 17.0 Å². The van der Waals surface area contributed by atoms with E-state index in [0.29, 0.717) is 11.7 Å². The second kappa shape index (κ2) is 4.08. The van der Waals surface area contributed by atoms with Crippen molar-refractivity contribution in [1.29, 1.82) is 0 Å². The molecule has 2 N–H and O–H groups in total. The third-order valence-electron chi connectivity index (χ3n) is 3.40. The van der Waals surface area contributed by atoms with Crippen molar-refractivity contribution < 1.29 is 0 Å². The molecule has 0 atom stereocenters. The van der Waals surface area contributed by atoms with Crippen LogP contribution in [0.15, 0.2) is 12.3 Å². The van der Waals surface area contributed by atoms with Crippen molar-refractivity contribution in [3.8, 4) is 11.4 Å². The zero-order valence-corrected chi connectivity index (χ0v) is 10.7. The van der Waals surface area contributed by atoms with E-state index in [-0.39, 0.29) is 0 Å². The number of hydrogen-bond acceptors (Lipinski definition) is 4. The molecule has 2 aromatic heterocycles. The summed E-state index contributed by atoms with van der Waals surface area (Å²) < 4.78 is 1.94. The number of anilines is 1. The van der Waals surface area contributed by atoms with Crippen molar-refractivity contribution in [2.45, 2.75) is 39.2 Å². The Morgan fingerprint density at radius 1 is 1.39 bits per heavy atom. The van der Waals surface area contributed by atoms with E-state index in [1.165, 1.54) is 12.8 Å². The second-order valence-electron chi connectivity index (χ2n) is 4.75. The van der Waals surface area contributed by atoms with E-state index in [4.69, 9.17) is 10.7 Å². The largest absolute Gasteiger partial charge is 0.383 e. The van der Waals surface area contributed by atoms with Crippen LogP contribution in [0.25, 0.3) is 11.4 Å². The van der Waals surface area contributed by atoms with Gasteiger partial charge in [0.05, 0.1) is 11.4 Å². The molecule has 94 valence electrons. The van der Waals surface area contributed by atoms with Gasteiger partial charge in [0.15, 0.2) is 0 Å². The molecule has 1 aliphatic carbocycles. The molecule has 0 saturated heterocycles. The number of aromatic nitrogens is 4. The number of nitrogens with zero attached hydrogens (tertiary/aromatic N) is 4. The van der Waals surface area contributed by atoms with Crippen molar-refractivity contribution in [2.24, 2.45) is 0 Å². The Kier molecular flexibility index (Phi) is 2.54. The maximum Gasteiger partial charge on any atom is 0.134 e. The maximum atomic E-state index is 6.00. The third kappa shape index (κ3) is 1.75. The van der Waals surface area contributed by atoms with Gasteiger partial charge in [0.25, 0.3) is 0 Å². The predicted molar refractivity (Wildman–Crippen MR) is 70.1 cm³/mol. The van der Waals surface area contributed by atoms with Crippen LogP contribution in [0.1, 0.15) is 37.1 Å². The van der Waals surface area contributed by atoms with Gasteiger partial charge in [-0.05, 0) is 32.8 Å². The second-order valence-corrected chi connectivity index (χ2v) is 4.75.